The molecule has 0 aliphatic heterocycles. The summed E-state index contributed by atoms with van der Waals surface area (Å²) in [5, 5.41) is 11.1. The molecule has 0 bridgehead atoms. The van der Waals surface area contributed by atoms with E-state index in [1.165, 1.54) is 16.7 Å². The summed E-state index contributed by atoms with van der Waals surface area (Å²) in [6.07, 6.45) is 0. The summed E-state index contributed by atoms with van der Waals surface area (Å²) in [7, 11) is 0. The van der Waals surface area contributed by atoms with E-state index in [1.54, 1.807) is 0 Å². The third-order valence-electron chi connectivity index (χ3n) is 4.67. The highest BCUT2D eigenvalue weighted by molar-refractivity contribution is 5.54. The number of aryl methyl sites for hydroxylation is 1. The minimum atomic E-state index is -0.108. The zero-order chi connectivity index (χ0) is 18.0. The molecular formula is C24H26O. The van der Waals surface area contributed by atoms with Gasteiger partial charge in [-0.05, 0) is 29.0 Å². The molecule has 1 heteroatoms. The first kappa shape index (κ1) is 17.3. The van der Waals surface area contributed by atoms with Gasteiger partial charge >= 0.3 is 0 Å². The van der Waals surface area contributed by atoms with Crippen molar-refractivity contribution in [2.45, 2.75) is 39.0 Å². The number of hydrogen-bond donors (Lipinski definition) is 1. The summed E-state index contributed by atoms with van der Waals surface area (Å²) >= 11 is 0. The van der Waals surface area contributed by atoms with Crippen molar-refractivity contribution in [2.24, 2.45) is 0 Å². The second-order valence-corrected chi connectivity index (χ2v) is 7.75. The second kappa shape index (κ2) is 6.76. The molecule has 0 aromatic heterocycles. The summed E-state index contributed by atoms with van der Waals surface area (Å²) < 4.78 is 0. The molecule has 128 valence electrons. The standard InChI is InChI=1S/C24H26O/c1-17-15-20(23(25)21(16-17)24(2,3)4)22(18-11-7-5-8-12-18)19-13-9-6-10-14-19/h5-16,22,25H,1-4H3. The van der Waals surface area contributed by atoms with Gasteiger partial charge in [0, 0.05) is 11.5 Å². The van der Waals surface area contributed by atoms with Crippen LogP contribution >= 0.6 is 0 Å². The first-order chi connectivity index (χ1) is 11.9. The Labute approximate surface area is 151 Å². The highest BCUT2D eigenvalue weighted by atomic mass is 16.3. The quantitative estimate of drug-likeness (QED) is 0.569. The van der Waals surface area contributed by atoms with Crippen LogP contribution in [0.2, 0.25) is 0 Å². The van der Waals surface area contributed by atoms with Gasteiger partial charge in [0.15, 0.2) is 0 Å². The van der Waals surface area contributed by atoms with Crippen molar-refractivity contribution in [3.8, 4) is 5.75 Å². The van der Waals surface area contributed by atoms with Gasteiger partial charge in [-0.15, -0.1) is 0 Å². The normalized spacial score (nSPS) is 11.7. The molecular weight excluding hydrogens is 304 g/mol. The zero-order valence-electron chi connectivity index (χ0n) is 15.5. The summed E-state index contributed by atoms with van der Waals surface area (Å²) in [6.45, 7) is 8.53. The van der Waals surface area contributed by atoms with E-state index >= 15 is 0 Å². The van der Waals surface area contributed by atoms with E-state index in [0.717, 1.165) is 11.1 Å². The van der Waals surface area contributed by atoms with Crippen LogP contribution in [0, 0.1) is 6.92 Å². The van der Waals surface area contributed by atoms with Crippen molar-refractivity contribution < 1.29 is 5.11 Å². The van der Waals surface area contributed by atoms with Crippen LogP contribution in [0.5, 0.6) is 5.75 Å². The van der Waals surface area contributed by atoms with E-state index in [1.807, 2.05) is 12.1 Å². The molecule has 3 aromatic carbocycles. The number of phenolic OH excluding ortho intramolecular Hbond substituents is 1. The summed E-state index contributed by atoms with van der Waals surface area (Å²) in [6, 6.07) is 25.1. The Kier molecular flexibility index (Phi) is 4.67. The molecule has 1 nitrogen and oxygen atoms in total. The van der Waals surface area contributed by atoms with Crippen LogP contribution < -0.4 is 0 Å². The van der Waals surface area contributed by atoms with Gasteiger partial charge in [-0.3, -0.25) is 0 Å². The predicted molar refractivity (Wildman–Crippen MR) is 105 cm³/mol. The summed E-state index contributed by atoms with van der Waals surface area (Å²) in [5.74, 6) is 0.430. The average molecular weight is 330 g/mol. The van der Waals surface area contributed by atoms with Crippen LogP contribution in [0.4, 0.5) is 0 Å². The smallest absolute Gasteiger partial charge is 0.123 e. The third kappa shape index (κ3) is 3.61. The number of aromatic hydroxyl groups is 1. The molecule has 0 radical (unpaired) electrons. The minimum absolute atomic E-state index is 0.0170. The molecule has 0 amide bonds. The Bertz CT molecular complexity index is 803. The maximum Gasteiger partial charge on any atom is 0.123 e. The minimum Gasteiger partial charge on any atom is -0.507 e. The van der Waals surface area contributed by atoms with E-state index in [9.17, 15) is 5.11 Å². The molecule has 0 spiro atoms. The topological polar surface area (TPSA) is 20.2 Å². The second-order valence-electron chi connectivity index (χ2n) is 7.75. The number of rotatable bonds is 3. The van der Waals surface area contributed by atoms with Gasteiger partial charge < -0.3 is 5.11 Å². The lowest BCUT2D eigenvalue weighted by molar-refractivity contribution is 0.439. The Morgan fingerprint density at radius 2 is 1.24 bits per heavy atom. The largest absolute Gasteiger partial charge is 0.507 e. The van der Waals surface area contributed by atoms with Crippen molar-refractivity contribution in [3.63, 3.8) is 0 Å². The first-order valence-corrected chi connectivity index (χ1v) is 8.82. The average Bonchev–Trinajstić information content (AvgIpc) is 2.59. The lowest BCUT2D eigenvalue weighted by Gasteiger charge is -2.26. The Balaban J connectivity index is 2.27. The predicted octanol–water partition coefficient (Wildman–Crippen LogP) is 6.18. The van der Waals surface area contributed by atoms with E-state index in [2.05, 4.69) is 88.4 Å². The zero-order valence-corrected chi connectivity index (χ0v) is 15.5. The van der Waals surface area contributed by atoms with Crippen LogP contribution in [0.25, 0.3) is 0 Å². The molecule has 25 heavy (non-hydrogen) atoms. The van der Waals surface area contributed by atoms with Gasteiger partial charge in [0.2, 0.25) is 0 Å². The molecule has 0 aliphatic rings. The fraction of sp³-hybridized carbons (Fsp3) is 0.250. The lowest BCUT2D eigenvalue weighted by atomic mass is 9.79. The highest BCUT2D eigenvalue weighted by Crippen LogP contribution is 2.42. The molecule has 0 atom stereocenters. The highest BCUT2D eigenvalue weighted by Gasteiger charge is 2.26. The van der Waals surface area contributed by atoms with E-state index in [4.69, 9.17) is 0 Å². The fourth-order valence-electron chi connectivity index (χ4n) is 3.44. The van der Waals surface area contributed by atoms with Gasteiger partial charge in [0.05, 0.1) is 0 Å². The van der Waals surface area contributed by atoms with E-state index < -0.39 is 0 Å². The van der Waals surface area contributed by atoms with Crippen LogP contribution in [-0.2, 0) is 5.41 Å². The summed E-state index contributed by atoms with van der Waals surface area (Å²) in [4.78, 5) is 0. The van der Waals surface area contributed by atoms with Crippen molar-refractivity contribution in [1.82, 2.24) is 0 Å². The maximum atomic E-state index is 11.1. The van der Waals surface area contributed by atoms with Crippen LogP contribution in [-0.4, -0.2) is 5.11 Å². The van der Waals surface area contributed by atoms with Crippen LogP contribution in [0.1, 0.15) is 54.5 Å². The third-order valence-corrected chi connectivity index (χ3v) is 4.67. The molecule has 0 fully saturated rings. The van der Waals surface area contributed by atoms with Gasteiger partial charge in [-0.25, -0.2) is 0 Å². The molecule has 0 heterocycles. The van der Waals surface area contributed by atoms with Gasteiger partial charge in [0.1, 0.15) is 5.75 Å². The SMILES string of the molecule is Cc1cc(C(c2ccccc2)c2ccccc2)c(O)c(C(C)(C)C)c1. The molecule has 0 saturated heterocycles. The van der Waals surface area contributed by atoms with Gasteiger partial charge in [0.25, 0.3) is 0 Å². The van der Waals surface area contributed by atoms with Gasteiger partial charge in [-0.1, -0.05) is 99.1 Å². The van der Waals surface area contributed by atoms with Gasteiger partial charge in [-0.2, -0.15) is 0 Å². The number of phenols is 1. The van der Waals surface area contributed by atoms with E-state index in [-0.39, 0.29) is 11.3 Å². The monoisotopic (exact) mass is 330 g/mol. The molecule has 3 aromatic rings. The van der Waals surface area contributed by atoms with Crippen molar-refractivity contribution >= 4 is 0 Å². The molecule has 1 N–H and O–H groups in total. The fourth-order valence-corrected chi connectivity index (χ4v) is 3.44. The van der Waals surface area contributed by atoms with Crippen molar-refractivity contribution in [3.05, 3.63) is 101 Å². The number of benzene rings is 3. The lowest BCUT2D eigenvalue weighted by Crippen LogP contribution is -2.14. The molecule has 3 rings (SSSR count). The summed E-state index contributed by atoms with van der Waals surface area (Å²) in [5.41, 5.74) is 5.42. The molecule has 0 saturated carbocycles. The van der Waals surface area contributed by atoms with Crippen molar-refractivity contribution in [2.75, 3.05) is 0 Å². The van der Waals surface area contributed by atoms with E-state index in [0.29, 0.717) is 5.75 Å². The van der Waals surface area contributed by atoms with Crippen molar-refractivity contribution in [1.29, 1.82) is 0 Å². The number of hydrogen-bond acceptors (Lipinski definition) is 1. The Hall–Kier alpha value is -2.54. The maximum absolute atomic E-state index is 11.1. The Morgan fingerprint density at radius 3 is 1.68 bits per heavy atom. The molecule has 0 aliphatic carbocycles. The Morgan fingerprint density at radius 1 is 0.760 bits per heavy atom. The molecule has 0 unspecified atom stereocenters. The van der Waals surface area contributed by atoms with Crippen LogP contribution in [0.15, 0.2) is 72.8 Å². The first-order valence-electron chi connectivity index (χ1n) is 8.82. The van der Waals surface area contributed by atoms with Crippen LogP contribution in [0.3, 0.4) is 0 Å².